The molecule has 10 heteroatoms. The third kappa shape index (κ3) is 5.12. The van der Waals surface area contributed by atoms with Crippen molar-refractivity contribution in [3.63, 3.8) is 0 Å². The summed E-state index contributed by atoms with van der Waals surface area (Å²) in [6, 6.07) is 6.57. The van der Waals surface area contributed by atoms with Crippen LogP contribution in [0.1, 0.15) is 67.7 Å². The fourth-order valence-electron chi connectivity index (χ4n) is 4.36. The summed E-state index contributed by atoms with van der Waals surface area (Å²) >= 11 is 1.35. The third-order valence-corrected chi connectivity index (χ3v) is 7.33. The lowest BCUT2D eigenvalue weighted by Crippen LogP contribution is -2.31. The first kappa shape index (κ1) is 24.6. The molecule has 0 fully saturated rings. The molecule has 1 aliphatic carbocycles. The van der Waals surface area contributed by atoms with E-state index in [0.29, 0.717) is 27.6 Å². The zero-order chi connectivity index (χ0) is 25.1. The molecule has 0 saturated heterocycles. The van der Waals surface area contributed by atoms with Crippen LogP contribution in [-0.2, 0) is 31.9 Å². The summed E-state index contributed by atoms with van der Waals surface area (Å²) < 4.78 is 9.96. The van der Waals surface area contributed by atoms with Gasteiger partial charge in [-0.2, -0.15) is 0 Å². The molecule has 0 spiro atoms. The topological polar surface area (TPSA) is 119 Å². The highest BCUT2D eigenvalue weighted by molar-refractivity contribution is 7.17. The van der Waals surface area contributed by atoms with E-state index in [4.69, 9.17) is 9.47 Å². The van der Waals surface area contributed by atoms with Gasteiger partial charge in [-0.1, -0.05) is 19.1 Å². The molecule has 4 rings (SSSR count). The van der Waals surface area contributed by atoms with Gasteiger partial charge in [0.1, 0.15) is 5.00 Å². The first-order valence-corrected chi connectivity index (χ1v) is 12.2. The van der Waals surface area contributed by atoms with Crippen molar-refractivity contribution in [1.29, 1.82) is 0 Å². The maximum atomic E-state index is 12.4. The lowest BCUT2D eigenvalue weighted by atomic mass is 9.88. The number of thiophene rings is 1. The minimum atomic E-state index is -0.621. The van der Waals surface area contributed by atoms with E-state index in [1.165, 1.54) is 18.4 Å². The van der Waals surface area contributed by atoms with E-state index in [-0.39, 0.29) is 31.2 Å². The minimum Gasteiger partial charge on any atom is -0.465 e. The van der Waals surface area contributed by atoms with Crippen molar-refractivity contribution < 1.29 is 33.4 Å². The Kier molecular flexibility index (Phi) is 7.30. The van der Waals surface area contributed by atoms with Crippen LogP contribution in [0.4, 0.5) is 5.00 Å². The molecule has 9 nitrogen and oxygen atoms in total. The van der Waals surface area contributed by atoms with Gasteiger partial charge in [0.25, 0.3) is 17.7 Å². The second-order valence-corrected chi connectivity index (χ2v) is 9.77. The SMILES string of the molecule is COC(=O)c1c(NC(=O)COC(=O)CCCN2C(=O)c3ccccc3C2=O)sc2c1CC[C@@H](C)C2. The summed E-state index contributed by atoms with van der Waals surface area (Å²) in [6.45, 7) is 1.72. The molecule has 1 aromatic carbocycles. The Labute approximate surface area is 206 Å². The van der Waals surface area contributed by atoms with Gasteiger partial charge in [0.05, 0.1) is 23.8 Å². The van der Waals surface area contributed by atoms with Crippen LogP contribution in [0.2, 0.25) is 0 Å². The number of hydrogen-bond donors (Lipinski definition) is 1. The fourth-order valence-corrected chi connectivity index (χ4v) is 5.78. The van der Waals surface area contributed by atoms with Gasteiger partial charge in [-0.05, 0) is 49.3 Å². The average Bonchev–Trinajstić information content (AvgIpc) is 3.31. The van der Waals surface area contributed by atoms with E-state index in [0.717, 1.165) is 34.6 Å². The molecule has 2 heterocycles. The van der Waals surface area contributed by atoms with E-state index in [1.807, 2.05) is 0 Å². The maximum Gasteiger partial charge on any atom is 0.341 e. The molecule has 35 heavy (non-hydrogen) atoms. The van der Waals surface area contributed by atoms with E-state index >= 15 is 0 Å². The molecule has 1 N–H and O–H groups in total. The number of anilines is 1. The molecule has 2 aliphatic rings. The fraction of sp³-hybridized carbons (Fsp3) is 0.400. The third-order valence-electron chi connectivity index (χ3n) is 6.16. The van der Waals surface area contributed by atoms with Crippen LogP contribution < -0.4 is 5.32 Å². The van der Waals surface area contributed by atoms with E-state index in [1.54, 1.807) is 24.3 Å². The summed E-state index contributed by atoms with van der Waals surface area (Å²) in [5.41, 5.74) is 2.00. The Morgan fingerprint density at radius 3 is 2.49 bits per heavy atom. The van der Waals surface area contributed by atoms with Crippen molar-refractivity contribution in [2.75, 3.05) is 25.6 Å². The molecule has 1 aromatic heterocycles. The lowest BCUT2D eigenvalue weighted by molar-refractivity contribution is -0.147. The number of esters is 2. The number of amides is 3. The molecule has 3 amide bonds. The van der Waals surface area contributed by atoms with Crippen molar-refractivity contribution in [2.24, 2.45) is 5.92 Å². The predicted octanol–water partition coefficient (Wildman–Crippen LogP) is 3.22. The van der Waals surface area contributed by atoms with Gasteiger partial charge in [0.15, 0.2) is 6.61 Å². The molecule has 1 atom stereocenters. The van der Waals surface area contributed by atoms with Crippen molar-refractivity contribution in [2.45, 2.75) is 39.0 Å². The Morgan fingerprint density at radius 2 is 1.83 bits per heavy atom. The summed E-state index contributed by atoms with van der Waals surface area (Å²) in [6.07, 6.45) is 2.70. The number of nitrogens with one attached hydrogen (secondary N) is 1. The predicted molar refractivity (Wildman–Crippen MR) is 127 cm³/mol. The number of carbonyl (C=O) groups excluding carboxylic acids is 5. The Morgan fingerprint density at radius 1 is 1.14 bits per heavy atom. The quantitative estimate of drug-likeness (QED) is 0.438. The number of imide groups is 1. The van der Waals surface area contributed by atoms with Crippen molar-refractivity contribution in [1.82, 2.24) is 4.90 Å². The van der Waals surface area contributed by atoms with Gasteiger partial charge in [-0.3, -0.25) is 24.1 Å². The Bertz CT molecular complexity index is 1170. The maximum absolute atomic E-state index is 12.4. The van der Waals surface area contributed by atoms with Crippen LogP contribution in [0.15, 0.2) is 24.3 Å². The number of methoxy groups -OCH3 is 1. The first-order chi connectivity index (χ1) is 16.8. The van der Waals surface area contributed by atoms with Crippen LogP contribution in [-0.4, -0.2) is 54.8 Å². The molecular weight excluding hydrogens is 472 g/mol. The average molecular weight is 499 g/mol. The second kappa shape index (κ2) is 10.4. The molecule has 184 valence electrons. The van der Waals surface area contributed by atoms with Crippen molar-refractivity contribution in [3.05, 3.63) is 51.4 Å². The van der Waals surface area contributed by atoms with Crippen LogP contribution in [0, 0.1) is 5.92 Å². The van der Waals surface area contributed by atoms with E-state index < -0.39 is 24.5 Å². The summed E-state index contributed by atoms with van der Waals surface area (Å²) in [5.74, 6) is -1.95. The smallest absolute Gasteiger partial charge is 0.341 e. The largest absolute Gasteiger partial charge is 0.465 e. The van der Waals surface area contributed by atoms with Gasteiger partial charge >= 0.3 is 11.9 Å². The molecule has 0 radical (unpaired) electrons. The number of carbonyl (C=O) groups is 5. The highest BCUT2D eigenvalue weighted by Gasteiger charge is 2.34. The highest BCUT2D eigenvalue weighted by atomic mass is 32.1. The highest BCUT2D eigenvalue weighted by Crippen LogP contribution is 2.40. The standard InChI is InChI=1S/C25H26N2O7S/c1-14-9-10-17-18(12-14)35-22(21(17)25(32)33-2)26-19(28)13-34-20(29)8-5-11-27-23(30)15-6-3-4-7-16(15)24(27)31/h3-4,6-7,14H,5,8-13H2,1-2H3,(H,26,28)/t14-/m1/s1. The van der Waals surface area contributed by atoms with Crippen molar-refractivity contribution >= 4 is 46.0 Å². The van der Waals surface area contributed by atoms with Crippen LogP contribution >= 0.6 is 11.3 Å². The van der Waals surface area contributed by atoms with Crippen LogP contribution in [0.25, 0.3) is 0 Å². The number of fused-ring (bicyclic) bond motifs is 2. The van der Waals surface area contributed by atoms with E-state index in [9.17, 15) is 24.0 Å². The number of benzene rings is 1. The monoisotopic (exact) mass is 498 g/mol. The molecule has 0 saturated carbocycles. The van der Waals surface area contributed by atoms with Crippen LogP contribution in [0.3, 0.4) is 0 Å². The summed E-state index contributed by atoms with van der Waals surface area (Å²) in [5, 5.41) is 3.08. The van der Waals surface area contributed by atoms with Crippen LogP contribution in [0.5, 0.6) is 0 Å². The van der Waals surface area contributed by atoms with Gasteiger partial charge < -0.3 is 14.8 Å². The van der Waals surface area contributed by atoms with Gasteiger partial charge in [0, 0.05) is 17.8 Å². The van der Waals surface area contributed by atoms with Gasteiger partial charge in [-0.15, -0.1) is 11.3 Å². The minimum absolute atomic E-state index is 0.0563. The Balaban J connectivity index is 1.27. The van der Waals surface area contributed by atoms with E-state index in [2.05, 4.69) is 12.2 Å². The number of hydrogen-bond acceptors (Lipinski definition) is 8. The summed E-state index contributed by atoms with van der Waals surface area (Å²) in [4.78, 5) is 63.8. The molecular formula is C25H26N2O7S. The molecule has 0 unspecified atom stereocenters. The summed E-state index contributed by atoms with van der Waals surface area (Å²) in [7, 11) is 1.30. The lowest BCUT2D eigenvalue weighted by Gasteiger charge is -2.18. The zero-order valence-electron chi connectivity index (χ0n) is 19.5. The van der Waals surface area contributed by atoms with Gasteiger partial charge in [0.2, 0.25) is 0 Å². The normalized spacial score (nSPS) is 16.5. The van der Waals surface area contributed by atoms with Crippen molar-refractivity contribution in [3.8, 4) is 0 Å². The first-order valence-electron chi connectivity index (χ1n) is 11.4. The Hall–Kier alpha value is -3.53. The number of nitrogens with zero attached hydrogens (tertiary/aromatic N) is 1. The second-order valence-electron chi connectivity index (χ2n) is 8.67. The number of rotatable bonds is 8. The molecule has 2 aromatic rings. The zero-order valence-corrected chi connectivity index (χ0v) is 20.4. The van der Waals surface area contributed by atoms with Gasteiger partial charge in [-0.25, -0.2) is 4.79 Å². The number of ether oxygens (including phenoxy) is 2. The molecule has 0 bridgehead atoms. The molecule has 1 aliphatic heterocycles.